The van der Waals surface area contributed by atoms with E-state index in [-0.39, 0.29) is 18.1 Å². The van der Waals surface area contributed by atoms with E-state index in [2.05, 4.69) is 20.2 Å². The number of benzene rings is 1. The van der Waals surface area contributed by atoms with Crippen LogP contribution in [0.4, 0.5) is 11.5 Å². The van der Waals surface area contributed by atoms with E-state index in [0.29, 0.717) is 22.9 Å². The van der Waals surface area contributed by atoms with E-state index >= 15 is 0 Å². The zero-order valence-electron chi connectivity index (χ0n) is 13.8. The Morgan fingerprint density at radius 3 is 2.33 bits per heavy atom. The Labute approximate surface area is 138 Å². The number of methoxy groups -OCH3 is 3. The highest BCUT2D eigenvalue weighted by molar-refractivity contribution is 5.91. The molecule has 9 heteroatoms. The van der Waals surface area contributed by atoms with Crippen LogP contribution in [0.1, 0.15) is 17.4 Å². The third-order valence-corrected chi connectivity index (χ3v) is 3.03. The fourth-order valence-corrected chi connectivity index (χ4v) is 1.90. The first-order valence-corrected chi connectivity index (χ1v) is 7.06. The molecule has 0 radical (unpaired) electrons. The van der Waals surface area contributed by atoms with E-state index in [1.165, 1.54) is 27.7 Å². The number of carbonyl (C=O) groups excluding carboxylic acids is 1. The molecule has 0 fully saturated rings. The van der Waals surface area contributed by atoms with Crippen LogP contribution < -0.4 is 14.2 Å². The molecule has 0 saturated carbocycles. The van der Waals surface area contributed by atoms with Crippen LogP contribution in [0.5, 0.6) is 17.2 Å². The molecule has 0 atom stereocenters. The monoisotopic (exact) mass is 334 g/mol. The van der Waals surface area contributed by atoms with Gasteiger partial charge >= 0.3 is 5.97 Å². The van der Waals surface area contributed by atoms with E-state index in [1.54, 1.807) is 19.1 Å². The van der Waals surface area contributed by atoms with Crippen LogP contribution in [0.2, 0.25) is 0 Å². The summed E-state index contributed by atoms with van der Waals surface area (Å²) in [4.78, 5) is 18.4. The largest absolute Gasteiger partial charge is 0.496 e. The van der Waals surface area contributed by atoms with Crippen molar-refractivity contribution in [3.8, 4) is 17.2 Å². The van der Waals surface area contributed by atoms with Gasteiger partial charge in [0, 0.05) is 12.1 Å². The highest BCUT2D eigenvalue weighted by Gasteiger charge is 2.17. The van der Waals surface area contributed by atoms with Gasteiger partial charge in [0.05, 0.1) is 34.3 Å². The van der Waals surface area contributed by atoms with Crippen LogP contribution in [-0.4, -0.2) is 43.9 Å². The van der Waals surface area contributed by atoms with Crippen molar-refractivity contribution < 1.29 is 23.7 Å². The molecule has 9 nitrogen and oxygen atoms in total. The number of aromatic amines is 1. The third-order valence-electron chi connectivity index (χ3n) is 3.03. The van der Waals surface area contributed by atoms with Crippen molar-refractivity contribution >= 4 is 17.5 Å². The van der Waals surface area contributed by atoms with Crippen molar-refractivity contribution in [3.05, 3.63) is 24.2 Å². The summed E-state index contributed by atoms with van der Waals surface area (Å²) in [5, 5.41) is 8.09. The lowest BCUT2D eigenvalue weighted by Gasteiger charge is -2.10. The molecule has 0 amide bonds. The second-order valence-corrected chi connectivity index (χ2v) is 4.40. The summed E-state index contributed by atoms with van der Waals surface area (Å²) in [6.07, 6.45) is 1.34. The lowest BCUT2D eigenvalue weighted by Crippen LogP contribution is -2.05. The molecule has 1 heterocycles. The van der Waals surface area contributed by atoms with Gasteiger partial charge in [0.25, 0.3) is 0 Å². The Hall–Kier alpha value is -3.10. The standard InChI is InChI=1S/C15H18N4O5/c1-5-24-15(20)13-14(17-8-16-13)19-18-12-10(22-3)6-9(21-2)7-11(12)23-4/h6-8H,5H2,1-4H3,(H,16,17). The molecule has 0 aliphatic heterocycles. The topological polar surface area (TPSA) is 107 Å². The molecule has 1 N–H and O–H groups in total. The van der Waals surface area contributed by atoms with Gasteiger partial charge in [-0.1, -0.05) is 0 Å². The minimum absolute atomic E-state index is 0.105. The number of esters is 1. The third kappa shape index (κ3) is 3.62. The van der Waals surface area contributed by atoms with E-state index in [4.69, 9.17) is 18.9 Å². The van der Waals surface area contributed by atoms with Crippen LogP contribution >= 0.6 is 0 Å². The van der Waals surface area contributed by atoms with Crippen molar-refractivity contribution in [2.24, 2.45) is 10.2 Å². The van der Waals surface area contributed by atoms with E-state index in [9.17, 15) is 4.79 Å². The fourth-order valence-electron chi connectivity index (χ4n) is 1.90. The first kappa shape index (κ1) is 17.3. The van der Waals surface area contributed by atoms with Gasteiger partial charge < -0.3 is 23.9 Å². The lowest BCUT2D eigenvalue weighted by atomic mass is 10.2. The predicted molar refractivity (Wildman–Crippen MR) is 84.8 cm³/mol. The Bertz CT molecular complexity index is 716. The van der Waals surface area contributed by atoms with Gasteiger partial charge in [-0.2, -0.15) is 0 Å². The highest BCUT2D eigenvalue weighted by atomic mass is 16.5. The number of imidazole rings is 1. The molecule has 0 spiro atoms. The van der Waals surface area contributed by atoms with Gasteiger partial charge in [0.15, 0.2) is 22.9 Å². The number of ether oxygens (including phenoxy) is 4. The Balaban J connectivity index is 2.39. The maximum Gasteiger partial charge on any atom is 0.358 e. The number of H-pyrrole nitrogens is 1. The first-order chi connectivity index (χ1) is 11.6. The average molecular weight is 334 g/mol. The zero-order valence-corrected chi connectivity index (χ0v) is 13.8. The van der Waals surface area contributed by atoms with Gasteiger partial charge in [-0.3, -0.25) is 0 Å². The summed E-state index contributed by atoms with van der Waals surface area (Å²) in [5.74, 6) is 0.909. The van der Waals surface area contributed by atoms with Crippen LogP contribution in [0.15, 0.2) is 28.7 Å². The Morgan fingerprint density at radius 2 is 1.79 bits per heavy atom. The normalized spacial score (nSPS) is 10.7. The number of azo groups is 1. The summed E-state index contributed by atoms with van der Waals surface area (Å²) in [7, 11) is 4.52. The summed E-state index contributed by atoms with van der Waals surface area (Å²) < 4.78 is 20.7. The highest BCUT2D eigenvalue weighted by Crippen LogP contribution is 2.41. The van der Waals surface area contributed by atoms with Crippen LogP contribution in [-0.2, 0) is 4.74 Å². The van der Waals surface area contributed by atoms with Crippen molar-refractivity contribution in [3.63, 3.8) is 0 Å². The van der Waals surface area contributed by atoms with E-state index in [0.717, 1.165) is 0 Å². The Kier molecular flexibility index (Phi) is 5.72. The van der Waals surface area contributed by atoms with Crippen LogP contribution in [0.25, 0.3) is 0 Å². The number of rotatable bonds is 7. The molecule has 0 bridgehead atoms. The van der Waals surface area contributed by atoms with Crippen LogP contribution in [0, 0.1) is 0 Å². The van der Waals surface area contributed by atoms with Gasteiger partial charge in [-0.15, -0.1) is 10.2 Å². The maximum atomic E-state index is 11.8. The van der Waals surface area contributed by atoms with E-state index in [1.807, 2.05) is 0 Å². The van der Waals surface area contributed by atoms with Crippen molar-refractivity contribution in [2.75, 3.05) is 27.9 Å². The van der Waals surface area contributed by atoms with E-state index < -0.39 is 5.97 Å². The minimum atomic E-state index is -0.558. The van der Waals surface area contributed by atoms with Gasteiger partial charge in [-0.05, 0) is 6.92 Å². The summed E-state index contributed by atoms with van der Waals surface area (Å²) >= 11 is 0. The molecule has 1 aromatic heterocycles. The van der Waals surface area contributed by atoms with Gasteiger partial charge in [0.1, 0.15) is 5.75 Å². The van der Waals surface area contributed by atoms with Crippen molar-refractivity contribution in [1.29, 1.82) is 0 Å². The molecule has 2 rings (SSSR count). The SMILES string of the molecule is CCOC(=O)c1[nH]cnc1N=Nc1c(OC)cc(OC)cc1OC. The van der Waals surface area contributed by atoms with Gasteiger partial charge in [0.2, 0.25) is 5.82 Å². The summed E-state index contributed by atoms with van der Waals surface area (Å²) in [6, 6.07) is 3.29. The smallest absolute Gasteiger partial charge is 0.358 e. The molecule has 0 saturated heterocycles. The molecule has 2 aromatic rings. The van der Waals surface area contributed by atoms with Crippen molar-refractivity contribution in [2.45, 2.75) is 6.92 Å². The summed E-state index contributed by atoms with van der Waals surface area (Å²) in [5.41, 5.74) is 0.464. The number of aromatic nitrogens is 2. The molecular formula is C15H18N4O5. The van der Waals surface area contributed by atoms with Crippen molar-refractivity contribution in [1.82, 2.24) is 9.97 Å². The Morgan fingerprint density at radius 1 is 1.12 bits per heavy atom. The van der Waals surface area contributed by atoms with Crippen LogP contribution in [0.3, 0.4) is 0 Å². The minimum Gasteiger partial charge on any atom is -0.496 e. The molecule has 24 heavy (non-hydrogen) atoms. The number of nitrogens with one attached hydrogen (secondary N) is 1. The maximum absolute atomic E-state index is 11.8. The number of carbonyl (C=O) groups is 1. The fraction of sp³-hybridized carbons (Fsp3) is 0.333. The lowest BCUT2D eigenvalue weighted by molar-refractivity contribution is 0.0521. The molecule has 0 aliphatic carbocycles. The average Bonchev–Trinajstić information content (AvgIpc) is 3.07. The number of nitrogens with zero attached hydrogens (tertiary/aromatic N) is 3. The molecule has 0 aliphatic rings. The second-order valence-electron chi connectivity index (χ2n) is 4.40. The van der Waals surface area contributed by atoms with Gasteiger partial charge in [-0.25, -0.2) is 9.78 Å². The molecule has 1 aromatic carbocycles. The number of hydrogen-bond acceptors (Lipinski definition) is 8. The summed E-state index contributed by atoms with van der Waals surface area (Å²) in [6.45, 7) is 1.96. The number of hydrogen-bond donors (Lipinski definition) is 1. The molecule has 128 valence electrons. The predicted octanol–water partition coefficient (Wildman–Crippen LogP) is 3.03. The molecular weight excluding hydrogens is 316 g/mol. The first-order valence-electron chi connectivity index (χ1n) is 7.06. The second kappa shape index (κ2) is 7.95. The zero-order chi connectivity index (χ0) is 17.5. The molecule has 0 unspecified atom stereocenters. The quantitative estimate of drug-likeness (QED) is 0.616.